The Morgan fingerprint density at radius 2 is 2.19 bits per heavy atom. The molecule has 0 spiro atoms. The first-order valence-corrected chi connectivity index (χ1v) is 6.85. The highest BCUT2D eigenvalue weighted by Crippen LogP contribution is 2.23. The number of carbonyl (C=O) groups is 1. The van der Waals surface area contributed by atoms with Gasteiger partial charge in [0.2, 0.25) is 0 Å². The number of halogens is 1. The van der Waals surface area contributed by atoms with Gasteiger partial charge in [0, 0.05) is 23.5 Å². The van der Waals surface area contributed by atoms with Crippen molar-refractivity contribution in [3.8, 4) is 0 Å². The Morgan fingerprint density at radius 3 is 2.90 bits per heavy atom. The van der Waals surface area contributed by atoms with Crippen molar-refractivity contribution in [2.24, 2.45) is 0 Å². The number of amides is 1. The second kappa shape index (κ2) is 6.90. The first-order valence-electron chi connectivity index (χ1n) is 6.47. The Kier molecular flexibility index (Phi) is 4.95. The number of aromatic nitrogens is 1. The van der Waals surface area contributed by atoms with Crippen LogP contribution in [0.5, 0.6) is 0 Å². The van der Waals surface area contributed by atoms with E-state index >= 15 is 0 Å². The zero-order chi connectivity index (χ0) is 15.2. The van der Waals surface area contributed by atoms with Crippen LogP contribution in [0.25, 0.3) is 0 Å². The summed E-state index contributed by atoms with van der Waals surface area (Å²) in [6.45, 7) is 5.95. The number of hydrogen-bond donors (Lipinski definition) is 2. The maximum atomic E-state index is 11.9. The van der Waals surface area contributed by atoms with Crippen LogP contribution in [0.1, 0.15) is 15.9 Å². The molecule has 0 aliphatic carbocycles. The number of anilines is 2. The molecule has 0 saturated carbocycles. The van der Waals surface area contributed by atoms with Gasteiger partial charge in [0.05, 0.1) is 17.4 Å². The topological polar surface area (TPSA) is 54.0 Å². The van der Waals surface area contributed by atoms with Gasteiger partial charge in [-0.25, -0.2) is 0 Å². The van der Waals surface area contributed by atoms with E-state index in [0.717, 1.165) is 16.9 Å². The lowest BCUT2D eigenvalue weighted by atomic mass is 10.2. The summed E-state index contributed by atoms with van der Waals surface area (Å²) >= 11 is 5.93. The van der Waals surface area contributed by atoms with Crippen LogP contribution in [0.3, 0.4) is 0 Å². The largest absolute Gasteiger partial charge is 0.354 e. The molecule has 0 aliphatic rings. The quantitative estimate of drug-likeness (QED) is 0.828. The molecule has 4 nitrogen and oxygen atoms in total. The molecule has 0 aliphatic heterocycles. The van der Waals surface area contributed by atoms with E-state index in [-0.39, 0.29) is 5.91 Å². The third-order valence-corrected chi connectivity index (χ3v) is 3.11. The molecule has 1 aromatic heterocycles. The second-order valence-corrected chi connectivity index (χ2v) is 4.98. The van der Waals surface area contributed by atoms with E-state index in [1.165, 1.54) is 6.20 Å². The molecule has 0 fully saturated rings. The lowest BCUT2D eigenvalue weighted by Crippen LogP contribution is -2.23. The van der Waals surface area contributed by atoms with Crippen molar-refractivity contribution in [3.63, 3.8) is 0 Å². The molecule has 5 heteroatoms. The van der Waals surface area contributed by atoms with Crippen LogP contribution in [0.4, 0.5) is 11.4 Å². The summed E-state index contributed by atoms with van der Waals surface area (Å²) in [7, 11) is 0. The zero-order valence-electron chi connectivity index (χ0n) is 11.7. The fourth-order valence-electron chi connectivity index (χ4n) is 1.82. The number of hydrogen-bond acceptors (Lipinski definition) is 3. The van der Waals surface area contributed by atoms with Gasteiger partial charge in [-0.1, -0.05) is 17.7 Å². The van der Waals surface area contributed by atoms with E-state index in [2.05, 4.69) is 22.2 Å². The van der Waals surface area contributed by atoms with Crippen molar-refractivity contribution in [2.75, 3.05) is 11.9 Å². The predicted octanol–water partition coefficient (Wildman–Crippen LogP) is 3.70. The van der Waals surface area contributed by atoms with Crippen LogP contribution < -0.4 is 10.6 Å². The molecule has 2 rings (SSSR count). The van der Waals surface area contributed by atoms with Gasteiger partial charge in [0.15, 0.2) is 0 Å². The second-order valence-electron chi connectivity index (χ2n) is 4.55. The first kappa shape index (κ1) is 15.1. The van der Waals surface area contributed by atoms with Crippen molar-refractivity contribution < 1.29 is 4.79 Å². The van der Waals surface area contributed by atoms with Gasteiger partial charge in [-0.05, 0) is 36.8 Å². The van der Waals surface area contributed by atoms with Crippen molar-refractivity contribution in [2.45, 2.75) is 6.92 Å². The van der Waals surface area contributed by atoms with Crippen molar-refractivity contribution in [1.29, 1.82) is 0 Å². The molecule has 2 aromatic rings. The summed E-state index contributed by atoms with van der Waals surface area (Å²) < 4.78 is 0. The summed E-state index contributed by atoms with van der Waals surface area (Å²) in [6, 6.07) is 7.32. The number of nitrogens with zero attached hydrogens (tertiary/aromatic N) is 1. The summed E-state index contributed by atoms with van der Waals surface area (Å²) in [5.74, 6) is -0.182. The minimum absolute atomic E-state index is 0.182. The van der Waals surface area contributed by atoms with Gasteiger partial charge in [-0.3, -0.25) is 9.78 Å². The molecule has 0 saturated heterocycles. The van der Waals surface area contributed by atoms with E-state index in [1.807, 2.05) is 25.1 Å². The SMILES string of the molecule is C=CCNC(=O)c1cncc(Nc2ccc(Cl)cc2C)c1. The summed E-state index contributed by atoms with van der Waals surface area (Å²) in [6.07, 6.45) is 4.82. The van der Waals surface area contributed by atoms with Crippen LogP contribution >= 0.6 is 11.6 Å². The molecule has 0 radical (unpaired) electrons. The Balaban J connectivity index is 2.17. The van der Waals surface area contributed by atoms with E-state index in [0.29, 0.717) is 17.1 Å². The first-order chi connectivity index (χ1) is 10.1. The molecule has 0 unspecified atom stereocenters. The van der Waals surface area contributed by atoms with Gasteiger partial charge in [0.1, 0.15) is 0 Å². The lowest BCUT2D eigenvalue weighted by molar-refractivity contribution is 0.0957. The number of rotatable bonds is 5. The third-order valence-electron chi connectivity index (χ3n) is 2.87. The van der Waals surface area contributed by atoms with Crippen LogP contribution in [-0.4, -0.2) is 17.4 Å². The summed E-state index contributed by atoms with van der Waals surface area (Å²) in [4.78, 5) is 16.0. The van der Waals surface area contributed by atoms with E-state index in [4.69, 9.17) is 11.6 Å². The third kappa shape index (κ3) is 4.07. The highest BCUT2D eigenvalue weighted by atomic mass is 35.5. The molecule has 0 atom stereocenters. The Hall–Kier alpha value is -2.33. The number of benzene rings is 1. The molecule has 108 valence electrons. The Labute approximate surface area is 128 Å². The van der Waals surface area contributed by atoms with E-state index in [9.17, 15) is 4.79 Å². The number of nitrogens with one attached hydrogen (secondary N) is 2. The molecular formula is C16H16ClN3O. The fourth-order valence-corrected chi connectivity index (χ4v) is 2.05. The molecule has 21 heavy (non-hydrogen) atoms. The number of carbonyl (C=O) groups excluding carboxylic acids is 1. The van der Waals surface area contributed by atoms with Crippen molar-refractivity contribution >= 4 is 28.9 Å². The van der Waals surface area contributed by atoms with Crippen LogP contribution in [0, 0.1) is 6.92 Å². The maximum absolute atomic E-state index is 11.9. The van der Waals surface area contributed by atoms with Gasteiger partial charge in [-0.2, -0.15) is 0 Å². The van der Waals surface area contributed by atoms with Crippen LogP contribution in [0.15, 0.2) is 49.3 Å². The van der Waals surface area contributed by atoms with Crippen LogP contribution in [0.2, 0.25) is 5.02 Å². The van der Waals surface area contributed by atoms with Crippen molar-refractivity contribution in [1.82, 2.24) is 10.3 Å². The van der Waals surface area contributed by atoms with Crippen molar-refractivity contribution in [3.05, 3.63) is 65.5 Å². The van der Waals surface area contributed by atoms with Crippen LogP contribution in [-0.2, 0) is 0 Å². The highest BCUT2D eigenvalue weighted by molar-refractivity contribution is 6.30. The highest BCUT2D eigenvalue weighted by Gasteiger charge is 2.07. The zero-order valence-corrected chi connectivity index (χ0v) is 12.4. The lowest BCUT2D eigenvalue weighted by Gasteiger charge is -2.10. The van der Waals surface area contributed by atoms with E-state index < -0.39 is 0 Å². The van der Waals surface area contributed by atoms with Gasteiger partial charge in [0.25, 0.3) is 5.91 Å². The minimum Gasteiger partial charge on any atom is -0.354 e. The predicted molar refractivity (Wildman–Crippen MR) is 86.2 cm³/mol. The molecule has 1 amide bonds. The monoisotopic (exact) mass is 301 g/mol. The van der Waals surface area contributed by atoms with E-state index in [1.54, 1.807) is 18.3 Å². The van der Waals surface area contributed by atoms with Gasteiger partial charge >= 0.3 is 0 Å². The smallest absolute Gasteiger partial charge is 0.253 e. The fraction of sp³-hybridized carbons (Fsp3) is 0.125. The standard InChI is InChI=1S/C16H16ClN3O/c1-3-6-19-16(21)12-8-14(10-18-9-12)20-15-5-4-13(17)7-11(15)2/h3-5,7-10,20H,1,6H2,2H3,(H,19,21). The minimum atomic E-state index is -0.182. The molecule has 1 heterocycles. The molecule has 1 aromatic carbocycles. The average Bonchev–Trinajstić information content (AvgIpc) is 2.48. The maximum Gasteiger partial charge on any atom is 0.253 e. The summed E-state index contributed by atoms with van der Waals surface area (Å²) in [5.41, 5.74) is 3.18. The average molecular weight is 302 g/mol. The normalized spacial score (nSPS) is 10.0. The number of aryl methyl sites for hydroxylation is 1. The summed E-state index contributed by atoms with van der Waals surface area (Å²) in [5, 5.41) is 6.63. The molecule has 0 bridgehead atoms. The van der Waals surface area contributed by atoms with Gasteiger partial charge < -0.3 is 10.6 Å². The Morgan fingerprint density at radius 1 is 1.38 bits per heavy atom. The molecular weight excluding hydrogens is 286 g/mol. The van der Waals surface area contributed by atoms with Gasteiger partial charge in [-0.15, -0.1) is 6.58 Å². The number of pyridine rings is 1. The Bertz CT molecular complexity index is 670. The molecule has 2 N–H and O–H groups in total.